The minimum Gasteiger partial charge on any atom is -0.487 e. The minimum absolute atomic E-state index is 0.0924. The molecule has 0 fully saturated rings. The number of fused-ring (bicyclic) bond motifs is 1. The summed E-state index contributed by atoms with van der Waals surface area (Å²) in [6, 6.07) is 2.69. The van der Waals surface area contributed by atoms with Gasteiger partial charge in [-0.15, -0.1) is 0 Å². The van der Waals surface area contributed by atoms with Crippen LogP contribution in [-0.4, -0.2) is 12.1 Å². The van der Waals surface area contributed by atoms with E-state index in [1.165, 1.54) is 22.3 Å². The Morgan fingerprint density at radius 2 is 1.94 bits per heavy atom. The van der Waals surface area contributed by atoms with E-state index >= 15 is 0 Å². The van der Waals surface area contributed by atoms with Gasteiger partial charge in [0.05, 0.1) is 0 Å². The number of nitrogens with one attached hydrogen (secondary N) is 1. The molecule has 2 heteroatoms. The Balaban J connectivity index is 2.58. The van der Waals surface area contributed by atoms with Crippen LogP contribution in [0.5, 0.6) is 5.75 Å². The number of ether oxygens (including phenoxy) is 1. The van der Waals surface area contributed by atoms with Crippen molar-refractivity contribution in [3.63, 3.8) is 0 Å². The van der Waals surface area contributed by atoms with Crippen LogP contribution in [-0.2, 0) is 0 Å². The fourth-order valence-corrected chi connectivity index (χ4v) is 2.97. The number of hydrogen-bond donors (Lipinski definition) is 1. The highest BCUT2D eigenvalue weighted by Crippen LogP contribution is 2.43. The first-order chi connectivity index (χ1) is 8.35. The number of hydrogen-bond acceptors (Lipinski definition) is 2. The monoisotopic (exact) mass is 247 g/mol. The molecule has 18 heavy (non-hydrogen) atoms. The zero-order valence-corrected chi connectivity index (χ0v) is 12.5. The standard InChI is InChI=1S/C16H25NO/c1-7-17-13-9-16(5,6)18-15-12(4)10(2)8-11(3)14(13)15/h8,13,17H,7,9H2,1-6H3. The van der Waals surface area contributed by atoms with Crippen LogP contribution in [0.15, 0.2) is 6.07 Å². The van der Waals surface area contributed by atoms with E-state index in [4.69, 9.17) is 4.74 Å². The summed E-state index contributed by atoms with van der Waals surface area (Å²) in [5.41, 5.74) is 5.21. The molecule has 1 aliphatic rings. The van der Waals surface area contributed by atoms with Crippen molar-refractivity contribution in [3.8, 4) is 5.75 Å². The predicted molar refractivity (Wildman–Crippen MR) is 76.4 cm³/mol. The van der Waals surface area contributed by atoms with Crippen molar-refractivity contribution in [2.24, 2.45) is 0 Å². The second kappa shape index (κ2) is 4.58. The average molecular weight is 247 g/mol. The second-order valence-corrected chi connectivity index (χ2v) is 6.05. The molecule has 1 aromatic rings. The molecule has 1 N–H and O–H groups in total. The van der Waals surface area contributed by atoms with Gasteiger partial charge in [-0.1, -0.05) is 13.0 Å². The van der Waals surface area contributed by atoms with E-state index in [0.29, 0.717) is 6.04 Å². The summed E-state index contributed by atoms with van der Waals surface area (Å²) in [7, 11) is 0. The third-order valence-electron chi connectivity index (χ3n) is 3.91. The lowest BCUT2D eigenvalue weighted by Crippen LogP contribution is -2.40. The Morgan fingerprint density at radius 3 is 2.56 bits per heavy atom. The third kappa shape index (κ3) is 2.26. The first-order valence-electron chi connectivity index (χ1n) is 6.89. The molecule has 1 aromatic carbocycles. The molecule has 0 radical (unpaired) electrons. The summed E-state index contributed by atoms with van der Waals surface area (Å²) < 4.78 is 6.25. The topological polar surface area (TPSA) is 21.3 Å². The minimum atomic E-state index is -0.0924. The van der Waals surface area contributed by atoms with Gasteiger partial charge in [-0.2, -0.15) is 0 Å². The molecule has 2 rings (SSSR count). The van der Waals surface area contributed by atoms with Crippen LogP contribution >= 0.6 is 0 Å². The van der Waals surface area contributed by atoms with Gasteiger partial charge in [-0.25, -0.2) is 0 Å². The van der Waals surface area contributed by atoms with Crippen LogP contribution in [0.2, 0.25) is 0 Å². The molecular formula is C16H25NO. The molecule has 1 heterocycles. The van der Waals surface area contributed by atoms with E-state index in [2.05, 4.69) is 52.9 Å². The molecule has 0 amide bonds. The molecule has 0 bridgehead atoms. The Morgan fingerprint density at radius 1 is 1.28 bits per heavy atom. The van der Waals surface area contributed by atoms with E-state index in [1.54, 1.807) is 0 Å². The van der Waals surface area contributed by atoms with Gasteiger partial charge in [-0.3, -0.25) is 0 Å². The molecule has 1 unspecified atom stereocenters. The maximum Gasteiger partial charge on any atom is 0.128 e. The maximum absolute atomic E-state index is 6.25. The fraction of sp³-hybridized carbons (Fsp3) is 0.625. The molecule has 2 nitrogen and oxygen atoms in total. The highest BCUT2D eigenvalue weighted by molar-refractivity contribution is 5.52. The summed E-state index contributed by atoms with van der Waals surface area (Å²) in [6.07, 6.45) is 1.02. The van der Waals surface area contributed by atoms with Gasteiger partial charge in [0, 0.05) is 18.0 Å². The lowest BCUT2D eigenvalue weighted by Gasteiger charge is -2.40. The van der Waals surface area contributed by atoms with Crippen LogP contribution < -0.4 is 10.1 Å². The van der Waals surface area contributed by atoms with Gasteiger partial charge < -0.3 is 10.1 Å². The Kier molecular flexibility index (Phi) is 3.41. The lowest BCUT2D eigenvalue weighted by molar-refractivity contribution is 0.0651. The summed E-state index contributed by atoms with van der Waals surface area (Å²) >= 11 is 0. The summed E-state index contributed by atoms with van der Waals surface area (Å²) in [4.78, 5) is 0. The molecule has 0 saturated carbocycles. The van der Waals surface area contributed by atoms with Crippen LogP contribution in [0, 0.1) is 20.8 Å². The highest BCUT2D eigenvalue weighted by Gasteiger charge is 2.35. The number of aryl methyl sites for hydroxylation is 2. The Hall–Kier alpha value is -1.02. The van der Waals surface area contributed by atoms with Crippen LogP contribution in [0.3, 0.4) is 0 Å². The summed E-state index contributed by atoms with van der Waals surface area (Å²) in [5.74, 6) is 1.11. The average Bonchev–Trinajstić information content (AvgIpc) is 2.24. The van der Waals surface area contributed by atoms with Crippen LogP contribution in [0.4, 0.5) is 0 Å². The van der Waals surface area contributed by atoms with E-state index < -0.39 is 0 Å². The smallest absolute Gasteiger partial charge is 0.128 e. The van der Waals surface area contributed by atoms with Gasteiger partial charge in [0.2, 0.25) is 0 Å². The van der Waals surface area contributed by atoms with Crippen molar-refractivity contribution in [1.29, 1.82) is 0 Å². The Labute approximate surface area is 111 Å². The third-order valence-corrected chi connectivity index (χ3v) is 3.91. The molecule has 0 aliphatic carbocycles. The van der Waals surface area contributed by atoms with Crippen molar-refractivity contribution in [1.82, 2.24) is 5.32 Å². The molecular weight excluding hydrogens is 222 g/mol. The van der Waals surface area contributed by atoms with Crippen molar-refractivity contribution in [2.75, 3.05) is 6.54 Å². The zero-order valence-electron chi connectivity index (χ0n) is 12.5. The zero-order chi connectivity index (χ0) is 13.5. The predicted octanol–water partition coefficient (Wildman–Crippen LogP) is 3.82. The molecule has 0 spiro atoms. The normalized spacial score (nSPS) is 21.3. The quantitative estimate of drug-likeness (QED) is 0.857. The molecule has 0 aromatic heterocycles. The van der Waals surface area contributed by atoms with E-state index in [0.717, 1.165) is 18.7 Å². The maximum atomic E-state index is 6.25. The highest BCUT2D eigenvalue weighted by atomic mass is 16.5. The van der Waals surface area contributed by atoms with Crippen molar-refractivity contribution >= 4 is 0 Å². The van der Waals surface area contributed by atoms with Crippen molar-refractivity contribution in [2.45, 2.75) is 59.6 Å². The first-order valence-corrected chi connectivity index (χ1v) is 6.89. The van der Waals surface area contributed by atoms with E-state index in [1.807, 2.05) is 0 Å². The molecule has 1 aliphatic heterocycles. The summed E-state index contributed by atoms with van der Waals surface area (Å²) in [6.45, 7) is 14.0. The summed E-state index contributed by atoms with van der Waals surface area (Å²) in [5, 5.41) is 3.60. The Bertz CT molecular complexity index is 463. The molecule has 0 saturated heterocycles. The van der Waals surface area contributed by atoms with Gasteiger partial charge in [0.25, 0.3) is 0 Å². The fourth-order valence-electron chi connectivity index (χ4n) is 2.97. The van der Waals surface area contributed by atoms with Crippen LogP contribution in [0.1, 0.15) is 55.5 Å². The van der Waals surface area contributed by atoms with Crippen LogP contribution in [0.25, 0.3) is 0 Å². The van der Waals surface area contributed by atoms with E-state index in [9.17, 15) is 0 Å². The number of benzene rings is 1. The van der Waals surface area contributed by atoms with Crippen molar-refractivity contribution in [3.05, 3.63) is 28.3 Å². The largest absolute Gasteiger partial charge is 0.487 e. The van der Waals surface area contributed by atoms with Crippen molar-refractivity contribution < 1.29 is 4.74 Å². The van der Waals surface area contributed by atoms with Gasteiger partial charge in [0.15, 0.2) is 0 Å². The van der Waals surface area contributed by atoms with Gasteiger partial charge in [-0.05, 0) is 57.9 Å². The lowest BCUT2D eigenvalue weighted by atomic mass is 9.85. The second-order valence-electron chi connectivity index (χ2n) is 6.05. The molecule has 100 valence electrons. The SMILES string of the molecule is CCNC1CC(C)(C)Oc2c(C)c(C)cc(C)c21. The molecule has 1 atom stereocenters. The van der Waals surface area contributed by atoms with E-state index in [-0.39, 0.29) is 5.60 Å². The van der Waals surface area contributed by atoms with Gasteiger partial charge >= 0.3 is 0 Å². The first kappa shape index (κ1) is 13.4. The van der Waals surface area contributed by atoms with Gasteiger partial charge in [0.1, 0.15) is 11.4 Å². The number of rotatable bonds is 2.